The van der Waals surface area contributed by atoms with Crippen molar-refractivity contribution in [1.82, 2.24) is 15.1 Å². The van der Waals surface area contributed by atoms with E-state index < -0.39 is 23.5 Å². The van der Waals surface area contributed by atoms with Crippen LogP contribution in [-0.4, -0.2) is 33.3 Å². The molecule has 1 aliphatic rings. The maximum atomic E-state index is 13.5. The first-order valence-corrected chi connectivity index (χ1v) is 7.53. The second-order valence-corrected chi connectivity index (χ2v) is 5.54. The second kappa shape index (κ2) is 6.38. The number of rotatable bonds is 5. The van der Waals surface area contributed by atoms with Crippen LogP contribution in [0.15, 0.2) is 18.2 Å². The minimum absolute atomic E-state index is 0.000969. The molecule has 0 saturated carbocycles. The zero-order chi connectivity index (χ0) is 17.3. The van der Waals surface area contributed by atoms with Crippen molar-refractivity contribution in [1.29, 1.82) is 0 Å². The maximum Gasteiger partial charge on any atom is 0.305 e. The number of benzene rings is 1. The van der Waals surface area contributed by atoms with Crippen LogP contribution in [0.5, 0.6) is 0 Å². The van der Waals surface area contributed by atoms with Crippen LogP contribution in [0.25, 0.3) is 5.69 Å². The summed E-state index contributed by atoms with van der Waals surface area (Å²) in [5.41, 5.74) is 2.12. The van der Waals surface area contributed by atoms with Crippen LogP contribution in [0, 0.1) is 11.6 Å². The van der Waals surface area contributed by atoms with Gasteiger partial charge in [0.25, 0.3) is 5.91 Å². The summed E-state index contributed by atoms with van der Waals surface area (Å²) >= 11 is 0. The first-order valence-electron chi connectivity index (χ1n) is 7.53. The molecule has 1 heterocycles. The molecule has 1 amide bonds. The fourth-order valence-corrected chi connectivity index (χ4v) is 2.82. The topological polar surface area (TPSA) is 84.2 Å². The van der Waals surface area contributed by atoms with Gasteiger partial charge in [-0.3, -0.25) is 9.59 Å². The number of hydrogen-bond acceptors (Lipinski definition) is 3. The van der Waals surface area contributed by atoms with Crippen LogP contribution < -0.4 is 5.32 Å². The van der Waals surface area contributed by atoms with Crippen molar-refractivity contribution in [3.63, 3.8) is 0 Å². The Morgan fingerprint density at radius 1 is 1.25 bits per heavy atom. The highest BCUT2D eigenvalue weighted by molar-refractivity contribution is 5.94. The van der Waals surface area contributed by atoms with Crippen molar-refractivity contribution in [2.45, 2.75) is 25.7 Å². The number of nitrogens with one attached hydrogen (secondary N) is 1. The highest BCUT2D eigenvalue weighted by Gasteiger charge is 2.27. The Bertz CT molecular complexity index is 817. The summed E-state index contributed by atoms with van der Waals surface area (Å²) in [4.78, 5) is 22.8. The van der Waals surface area contributed by atoms with E-state index in [2.05, 4.69) is 10.4 Å². The average Bonchev–Trinajstić information content (AvgIpc) is 3.11. The largest absolute Gasteiger partial charge is 0.481 e. The lowest BCUT2D eigenvalue weighted by atomic mass is 10.2. The summed E-state index contributed by atoms with van der Waals surface area (Å²) in [5, 5.41) is 15.4. The summed E-state index contributed by atoms with van der Waals surface area (Å²) in [6.07, 6.45) is 2.01. The molecule has 0 unspecified atom stereocenters. The lowest BCUT2D eigenvalue weighted by Crippen LogP contribution is -2.27. The molecule has 2 aromatic rings. The molecule has 3 rings (SSSR count). The SMILES string of the molecule is O=C(O)CCNC(=O)c1nn(-c2ccc(F)c(F)c2)c2c1CCC2. The van der Waals surface area contributed by atoms with Crippen LogP contribution in [-0.2, 0) is 17.6 Å². The number of hydrogen-bond donors (Lipinski definition) is 2. The molecule has 8 heteroatoms. The molecule has 0 radical (unpaired) electrons. The fraction of sp³-hybridized carbons (Fsp3) is 0.312. The molecular weight excluding hydrogens is 320 g/mol. The molecule has 1 aromatic heterocycles. The highest BCUT2D eigenvalue weighted by atomic mass is 19.2. The molecule has 0 atom stereocenters. The minimum Gasteiger partial charge on any atom is -0.481 e. The number of carbonyl (C=O) groups is 2. The zero-order valence-electron chi connectivity index (χ0n) is 12.7. The highest BCUT2D eigenvalue weighted by Crippen LogP contribution is 2.28. The van der Waals surface area contributed by atoms with Crippen molar-refractivity contribution >= 4 is 11.9 Å². The smallest absolute Gasteiger partial charge is 0.305 e. The predicted molar refractivity (Wildman–Crippen MR) is 80.1 cm³/mol. The molecule has 2 N–H and O–H groups in total. The molecule has 0 spiro atoms. The monoisotopic (exact) mass is 335 g/mol. The molecule has 0 fully saturated rings. The summed E-state index contributed by atoms with van der Waals surface area (Å²) in [6.45, 7) is 0.000969. The summed E-state index contributed by atoms with van der Waals surface area (Å²) in [5.74, 6) is -3.40. The second-order valence-electron chi connectivity index (χ2n) is 5.54. The van der Waals surface area contributed by atoms with Gasteiger partial charge in [-0.1, -0.05) is 0 Å². The number of carbonyl (C=O) groups excluding carboxylic acids is 1. The Labute approximate surface area is 136 Å². The summed E-state index contributed by atoms with van der Waals surface area (Å²) in [6, 6.07) is 3.45. The van der Waals surface area contributed by atoms with Crippen molar-refractivity contribution in [3.05, 3.63) is 46.8 Å². The Morgan fingerprint density at radius 2 is 2.04 bits per heavy atom. The van der Waals surface area contributed by atoms with E-state index in [1.807, 2.05) is 0 Å². The average molecular weight is 335 g/mol. The van der Waals surface area contributed by atoms with Gasteiger partial charge in [0, 0.05) is 23.9 Å². The number of halogens is 2. The Morgan fingerprint density at radius 3 is 2.75 bits per heavy atom. The summed E-state index contributed by atoms with van der Waals surface area (Å²) in [7, 11) is 0. The van der Waals surface area contributed by atoms with Crippen molar-refractivity contribution < 1.29 is 23.5 Å². The molecule has 1 aromatic carbocycles. The van der Waals surface area contributed by atoms with Gasteiger partial charge in [0.1, 0.15) is 0 Å². The van der Waals surface area contributed by atoms with Crippen LogP contribution in [0.2, 0.25) is 0 Å². The number of fused-ring (bicyclic) bond motifs is 1. The number of amides is 1. The van der Waals surface area contributed by atoms with Gasteiger partial charge in [-0.25, -0.2) is 13.5 Å². The van der Waals surface area contributed by atoms with Gasteiger partial charge in [-0.05, 0) is 31.4 Å². The Kier molecular flexibility index (Phi) is 4.28. The van der Waals surface area contributed by atoms with Gasteiger partial charge < -0.3 is 10.4 Å². The van der Waals surface area contributed by atoms with E-state index >= 15 is 0 Å². The molecule has 24 heavy (non-hydrogen) atoms. The van der Waals surface area contributed by atoms with Crippen molar-refractivity contribution in [2.24, 2.45) is 0 Å². The molecule has 126 valence electrons. The van der Waals surface area contributed by atoms with E-state index in [1.165, 1.54) is 10.7 Å². The van der Waals surface area contributed by atoms with Crippen molar-refractivity contribution in [2.75, 3.05) is 6.54 Å². The van der Waals surface area contributed by atoms with Gasteiger partial charge in [-0.15, -0.1) is 0 Å². The number of aliphatic carboxylic acids is 1. The first kappa shape index (κ1) is 16.1. The first-order chi connectivity index (χ1) is 11.5. The van der Waals surface area contributed by atoms with Crippen molar-refractivity contribution in [3.8, 4) is 5.69 Å². The van der Waals surface area contributed by atoms with Crippen LogP contribution in [0.1, 0.15) is 34.6 Å². The number of carboxylic acids is 1. The van der Waals surface area contributed by atoms with E-state index in [-0.39, 0.29) is 18.7 Å². The normalized spacial score (nSPS) is 12.9. The fourth-order valence-electron chi connectivity index (χ4n) is 2.82. The van der Waals surface area contributed by atoms with E-state index in [0.717, 1.165) is 29.8 Å². The number of carboxylic acid groups (broad SMARTS) is 1. The van der Waals surface area contributed by atoms with Gasteiger partial charge in [0.2, 0.25) is 0 Å². The summed E-state index contributed by atoms with van der Waals surface area (Å²) < 4.78 is 28.0. The molecular formula is C16H15F2N3O3. The predicted octanol–water partition coefficient (Wildman–Crippen LogP) is 1.84. The Balaban J connectivity index is 1.91. The van der Waals surface area contributed by atoms with Crippen LogP contribution in [0.4, 0.5) is 8.78 Å². The minimum atomic E-state index is -1.01. The standard InChI is InChI=1S/C16H15F2N3O3/c17-11-5-4-9(8-12(11)18)21-13-3-1-2-10(13)15(20-21)16(24)19-7-6-14(22)23/h4-5,8H,1-3,6-7H2,(H,19,24)(H,22,23). The third-order valence-electron chi connectivity index (χ3n) is 3.92. The molecule has 6 nitrogen and oxygen atoms in total. The molecule has 0 saturated heterocycles. The third kappa shape index (κ3) is 2.99. The lowest BCUT2D eigenvalue weighted by molar-refractivity contribution is -0.136. The molecule has 0 bridgehead atoms. The van der Waals surface area contributed by atoms with E-state index in [9.17, 15) is 18.4 Å². The molecule has 0 aliphatic heterocycles. The number of aromatic nitrogens is 2. The lowest BCUT2D eigenvalue weighted by Gasteiger charge is -2.06. The Hall–Kier alpha value is -2.77. The van der Waals surface area contributed by atoms with Gasteiger partial charge >= 0.3 is 5.97 Å². The van der Waals surface area contributed by atoms with E-state index in [1.54, 1.807) is 0 Å². The van der Waals surface area contributed by atoms with Crippen LogP contribution >= 0.6 is 0 Å². The quantitative estimate of drug-likeness (QED) is 0.873. The molecule has 1 aliphatic carbocycles. The van der Waals surface area contributed by atoms with Crippen LogP contribution in [0.3, 0.4) is 0 Å². The van der Waals surface area contributed by atoms with E-state index in [4.69, 9.17) is 5.11 Å². The number of nitrogens with zero attached hydrogens (tertiary/aromatic N) is 2. The third-order valence-corrected chi connectivity index (χ3v) is 3.92. The van der Waals surface area contributed by atoms with Gasteiger partial charge in [0.15, 0.2) is 17.3 Å². The maximum absolute atomic E-state index is 13.5. The van der Waals surface area contributed by atoms with E-state index in [0.29, 0.717) is 18.5 Å². The van der Waals surface area contributed by atoms with Gasteiger partial charge in [-0.2, -0.15) is 5.10 Å². The zero-order valence-corrected chi connectivity index (χ0v) is 12.7. The van der Waals surface area contributed by atoms with Gasteiger partial charge in [0.05, 0.1) is 12.1 Å².